The Balaban J connectivity index is 1.58. The fourth-order valence-corrected chi connectivity index (χ4v) is 2.82. The van der Waals surface area contributed by atoms with Crippen LogP contribution in [-0.4, -0.2) is 15.7 Å². The van der Waals surface area contributed by atoms with Gasteiger partial charge in [-0.15, -0.1) is 0 Å². The standard InChI is InChI=1S/C23H25N3O3/c1-2-3-14-26-22(27)13-12-21(25-26)23(28)24-16-18-8-7-9-19(15-18)17-29-20-10-5-4-6-11-20/h4-13,15H,2-3,14,16-17H2,1H3,(H,24,28). The number of para-hydroxylation sites is 1. The van der Waals surface area contributed by atoms with Gasteiger partial charge in [0.2, 0.25) is 0 Å². The molecule has 0 bridgehead atoms. The fraction of sp³-hybridized carbons (Fsp3) is 0.261. The van der Waals surface area contributed by atoms with E-state index >= 15 is 0 Å². The molecule has 0 aliphatic heterocycles. The number of hydrogen-bond acceptors (Lipinski definition) is 4. The zero-order valence-electron chi connectivity index (χ0n) is 16.5. The van der Waals surface area contributed by atoms with E-state index in [1.54, 1.807) is 0 Å². The second kappa shape index (κ2) is 10.2. The predicted molar refractivity (Wildman–Crippen MR) is 112 cm³/mol. The van der Waals surface area contributed by atoms with Crippen molar-refractivity contribution in [3.63, 3.8) is 0 Å². The molecule has 2 aromatic carbocycles. The molecule has 0 aliphatic carbocycles. The summed E-state index contributed by atoms with van der Waals surface area (Å²) in [5.74, 6) is 0.511. The normalized spacial score (nSPS) is 10.5. The Bertz CT molecular complexity index is 1000. The lowest BCUT2D eigenvalue weighted by Crippen LogP contribution is -2.29. The smallest absolute Gasteiger partial charge is 0.271 e. The first-order valence-electron chi connectivity index (χ1n) is 9.77. The van der Waals surface area contributed by atoms with E-state index in [9.17, 15) is 9.59 Å². The summed E-state index contributed by atoms with van der Waals surface area (Å²) in [7, 11) is 0. The number of rotatable bonds is 9. The molecule has 0 fully saturated rings. The van der Waals surface area contributed by atoms with Gasteiger partial charge in [0, 0.05) is 19.2 Å². The number of nitrogens with zero attached hydrogens (tertiary/aromatic N) is 2. The summed E-state index contributed by atoms with van der Waals surface area (Å²) in [6.07, 6.45) is 1.80. The first-order chi connectivity index (χ1) is 14.2. The Labute approximate surface area is 170 Å². The molecule has 150 valence electrons. The molecule has 0 radical (unpaired) electrons. The number of aryl methyl sites for hydroxylation is 1. The molecule has 0 spiro atoms. The van der Waals surface area contributed by atoms with Crippen LogP contribution in [0.5, 0.6) is 5.75 Å². The molecule has 29 heavy (non-hydrogen) atoms. The van der Waals surface area contributed by atoms with Crippen LogP contribution in [0.3, 0.4) is 0 Å². The number of hydrogen-bond donors (Lipinski definition) is 1. The largest absolute Gasteiger partial charge is 0.489 e. The van der Waals surface area contributed by atoms with Crippen molar-refractivity contribution >= 4 is 5.91 Å². The number of carbonyl (C=O) groups excluding carboxylic acids is 1. The lowest BCUT2D eigenvalue weighted by Gasteiger charge is -2.10. The van der Waals surface area contributed by atoms with Gasteiger partial charge in [-0.2, -0.15) is 5.10 Å². The lowest BCUT2D eigenvalue weighted by atomic mass is 10.1. The molecule has 0 saturated carbocycles. The molecular weight excluding hydrogens is 366 g/mol. The zero-order chi connectivity index (χ0) is 20.5. The maximum Gasteiger partial charge on any atom is 0.271 e. The number of amides is 1. The molecule has 6 heteroatoms. The van der Waals surface area contributed by atoms with Crippen LogP contribution in [0.15, 0.2) is 71.5 Å². The lowest BCUT2D eigenvalue weighted by molar-refractivity contribution is 0.0943. The van der Waals surface area contributed by atoms with Gasteiger partial charge in [0.15, 0.2) is 0 Å². The van der Waals surface area contributed by atoms with Gasteiger partial charge >= 0.3 is 0 Å². The van der Waals surface area contributed by atoms with Crippen LogP contribution in [0.25, 0.3) is 0 Å². The highest BCUT2D eigenvalue weighted by Gasteiger charge is 2.09. The SMILES string of the molecule is CCCCn1nc(C(=O)NCc2cccc(COc3ccccc3)c2)ccc1=O. The fourth-order valence-electron chi connectivity index (χ4n) is 2.82. The molecule has 1 heterocycles. The number of carbonyl (C=O) groups is 1. The average Bonchev–Trinajstić information content (AvgIpc) is 2.76. The number of aromatic nitrogens is 2. The van der Waals surface area contributed by atoms with E-state index in [4.69, 9.17) is 4.74 Å². The summed E-state index contributed by atoms with van der Waals surface area (Å²) in [5.41, 5.74) is 2.03. The van der Waals surface area contributed by atoms with Gasteiger partial charge in [-0.25, -0.2) is 4.68 Å². The van der Waals surface area contributed by atoms with E-state index in [-0.39, 0.29) is 17.2 Å². The maximum atomic E-state index is 12.4. The Morgan fingerprint density at radius 1 is 1.03 bits per heavy atom. The third-order valence-electron chi connectivity index (χ3n) is 4.42. The topological polar surface area (TPSA) is 73.2 Å². The molecule has 0 aliphatic rings. The third-order valence-corrected chi connectivity index (χ3v) is 4.42. The monoisotopic (exact) mass is 391 g/mol. The van der Waals surface area contributed by atoms with Gasteiger partial charge in [-0.05, 0) is 35.7 Å². The molecule has 0 unspecified atom stereocenters. The maximum absolute atomic E-state index is 12.4. The van der Waals surface area contributed by atoms with Crippen molar-refractivity contribution in [1.29, 1.82) is 0 Å². The van der Waals surface area contributed by atoms with Crippen molar-refractivity contribution < 1.29 is 9.53 Å². The highest BCUT2D eigenvalue weighted by Crippen LogP contribution is 2.13. The molecule has 3 rings (SSSR count). The molecule has 0 atom stereocenters. The number of nitrogens with one attached hydrogen (secondary N) is 1. The Hall–Kier alpha value is -3.41. The van der Waals surface area contributed by atoms with Crippen molar-refractivity contribution in [3.05, 3.63) is 93.9 Å². The average molecular weight is 391 g/mol. The number of unbranched alkanes of at least 4 members (excludes halogenated alkanes) is 1. The van der Waals surface area contributed by atoms with Crippen LogP contribution in [0, 0.1) is 0 Å². The summed E-state index contributed by atoms with van der Waals surface area (Å²) in [6.45, 7) is 3.38. The van der Waals surface area contributed by atoms with Crippen LogP contribution in [0.2, 0.25) is 0 Å². The van der Waals surface area contributed by atoms with Crippen LogP contribution in [-0.2, 0) is 19.7 Å². The van der Waals surface area contributed by atoms with Gasteiger partial charge in [0.1, 0.15) is 18.1 Å². The minimum atomic E-state index is -0.304. The van der Waals surface area contributed by atoms with E-state index in [1.807, 2.05) is 61.5 Å². The summed E-state index contributed by atoms with van der Waals surface area (Å²) < 4.78 is 7.12. The van der Waals surface area contributed by atoms with Gasteiger partial charge in [-0.3, -0.25) is 9.59 Å². The summed E-state index contributed by atoms with van der Waals surface area (Å²) >= 11 is 0. The highest BCUT2D eigenvalue weighted by molar-refractivity contribution is 5.91. The highest BCUT2D eigenvalue weighted by atomic mass is 16.5. The van der Waals surface area contributed by atoms with Crippen LogP contribution >= 0.6 is 0 Å². The molecule has 3 aromatic rings. The number of benzene rings is 2. The Kier molecular flexibility index (Phi) is 7.16. The van der Waals surface area contributed by atoms with E-state index in [0.717, 1.165) is 29.7 Å². The summed E-state index contributed by atoms with van der Waals surface area (Å²) in [5, 5.41) is 7.04. The molecule has 1 N–H and O–H groups in total. The first kappa shape index (κ1) is 20.3. The summed E-state index contributed by atoms with van der Waals surface area (Å²) in [4.78, 5) is 24.3. The Morgan fingerprint density at radius 2 is 1.83 bits per heavy atom. The quantitative estimate of drug-likeness (QED) is 0.605. The van der Waals surface area contributed by atoms with Crippen molar-refractivity contribution in [1.82, 2.24) is 15.1 Å². The molecule has 1 amide bonds. The minimum absolute atomic E-state index is 0.193. The zero-order valence-corrected chi connectivity index (χ0v) is 16.5. The van der Waals surface area contributed by atoms with Gasteiger partial charge in [0.25, 0.3) is 11.5 Å². The number of ether oxygens (including phenoxy) is 1. The molecule has 6 nitrogen and oxygen atoms in total. The van der Waals surface area contributed by atoms with Crippen LogP contribution < -0.4 is 15.6 Å². The van der Waals surface area contributed by atoms with Gasteiger partial charge in [-0.1, -0.05) is 55.8 Å². The molecule has 0 saturated heterocycles. The van der Waals surface area contributed by atoms with Crippen molar-refractivity contribution in [2.24, 2.45) is 0 Å². The minimum Gasteiger partial charge on any atom is -0.489 e. The first-order valence-corrected chi connectivity index (χ1v) is 9.77. The molecular formula is C23H25N3O3. The second-order valence-electron chi connectivity index (χ2n) is 6.74. The molecule has 1 aromatic heterocycles. The van der Waals surface area contributed by atoms with Crippen molar-refractivity contribution in [2.75, 3.05) is 0 Å². The van der Waals surface area contributed by atoms with E-state index in [0.29, 0.717) is 19.7 Å². The predicted octanol–water partition coefficient (Wildman–Crippen LogP) is 3.55. The van der Waals surface area contributed by atoms with E-state index < -0.39 is 0 Å². The van der Waals surface area contributed by atoms with Gasteiger partial charge < -0.3 is 10.1 Å². The van der Waals surface area contributed by atoms with Gasteiger partial charge in [0.05, 0.1) is 0 Å². The third kappa shape index (κ3) is 6.04. The summed E-state index contributed by atoms with van der Waals surface area (Å²) in [6, 6.07) is 20.4. The van der Waals surface area contributed by atoms with E-state index in [1.165, 1.54) is 16.8 Å². The van der Waals surface area contributed by atoms with Crippen LogP contribution in [0.1, 0.15) is 41.4 Å². The van der Waals surface area contributed by atoms with Crippen molar-refractivity contribution in [2.45, 2.75) is 39.5 Å². The second-order valence-corrected chi connectivity index (χ2v) is 6.74. The Morgan fingerprint density at radius 3 is 2.62 bits per heavy atom. The van der Waals surface area contributed by atoms with Crippen molar-refractivity contribution in [3.8, 4) is 5.75 Å². The van der Waals surface area contributed by atoms with E-state index in [2.05, 4.69) is 10.4 Å². The van der Waals surface area contributed by atoms with Crippen LogP contribution in [0.4, 0.5) is 0 Å².